The fourth-order valence-electron chi connectivity index (χ4n) is 2.21. The standard InChI is InChI=1S/C18H12ClN3O5/c19-13-5-1-12(2-6-13)17(23)20-21-18(24)16-10-9-15(27-16)11-3-7-14(8-4-11)22(25)26/h1-10H,(H,20,23)(H,21,24). The van der Waals surface area contributed by atoms with E-state index in [1.54, 1.807) is 18.2 Å². The molecule has 9 heteroatoms. The highest BCUT2D eigenvalue weighted by molar-refractivity contribution is 6.30. The number of halogens is 1. The molecule has 0 aliphatic carbocycles. The first-order chi connectivity index (χ1) is 12.9. The lowest BCUT2D eigenvalue weighted by atomic mass is 10.1. The highest BCUT2D eigenvalue weighted by Crippen LogP contribution is 2.24. The van der Waals surface area contributed by atoms with Gasteiger partial charge in [0.05, 0.1) is 4.92 Å². The van der Waals surface area contributed by atoms with E-state index in [4.69, 9.17) is 16.0 Å². The number of non-ortho nitro benzene ring substituents is 1. The molecule has 0 spiro atoms. The van der Waals surface area contributed by atoms with Crippen molar-refractivity contribution in [3.63, 3.8) is 0 Å². The number of hydrogen-bond donors (Lipinski definition) is 2. The predicted molar refractivity (Wildman–Crippen MR) is 97.2 cm³/mol. The maximum Gasteiger partial charge on any atom is 0.305 e. The highest BCUT2D eigenvalue weighted by Gasteiger charge is 2.14. The van der Waals surface area contributed by atoms with Crippen molar-refractivity contribution in [2.75, 3.05) is 0 Å². The second kappa shape index (κ2) is 7.71. The molecule has 2 N–H and O–H groups in total. The molecular formula is C18H12ClN3O5. The normalized spacial score (nSPS) is 10.3. The Morgan fingerprint density at radius 2 is 1.52 bits per heavy atom. The van der Waals surface area contributed by atoms with Crippen LogP contribution in [0.3, 0.4) is 0 Å². The third-order valence-corrected chi connectivity index (χ3v) is 3.84. The highest BCUT2D eigenvalue weighted by atomic mass is 35.5. The van der Waals surface area contributed by atoms with E-state index in [1.165, 1.54) is 42.5 Å². The molecule has 0 radical (unpaired) electrons. The van der Waals surface area contributed by atoms with Crippen molar-refractivity contribution in [2.24, 2.45) is 0 Å². The fourth-order valence-corrected chi connectivity index (χ4v) is 2.34. The summed E-state index contributed by atoms with van der Waals surface area (Å²) in [6, 6.07) is 14.8. The molecule has 27 heavy (non-hydrogen) atoms. The zero-order valence-corrected chi connectivity index (χ0v) is 14.4. The van der Waals surface area contributed by atoms with Gasteiger partial charge in [-0.25, -0.2) is 0 Å². The summed E-state index contributed by atoms with van der Waals surface area (Å²) in [6.45, 7) is 0. The molecule has 136 valence electrons. The molecule has 0 aliphatic rings. The lowest BCUT2D eigenvalue weighted by Crippen LogP contribution is -2.41. The maximum absolute atomic E-state index is 12.1. The largest absolute Gasteiger partial charge is 0.451 e. The van der Waals surface area contributed by atoms with E-state index in [9.17, 15) is 19.7 Å². The van der Waals surface area contributed by atoms with E-state index in [0.29, 0.717) is 21.9 Å². The van der Waals surface area contributed by atoms with Gasteiger partial charge in [0.2, 0.25) is 0 Å². The summed E-state index contributed by atoms with van der Waals surface area (Å²) in [5.74, 6) is -0.827. The summed E-state index contributed by atoms with van der Waals surface area (Å²) in [4.78, 5) is 34.2. The van der Waals surface area contributed by atoms with Gasteiger partial charge in [0.1, 0.15) is 5.76 Å². The van der Waals surface area contributed by atoms with Crippen LogP contribution < -0.4 is 10.9 Å². The van der Waals surface area contributed by atoms with Gasteiger partial charge in [-0.3, -0.25) is 30.6 Å². The van der Waals surface area contributed by atoms with Crippen molar-refractivity contribution < 1.29 is 18.9 Å². The average Bonchev–Trinajstić information content (AvgIpc) is 3.17. The quantitative estimate of drug-likeness (QED) is 0.526. The first kappa shape index (κ1) is 18.2. The Hall–Kier alpha value is -3.65. The molecule has 0 unspecified atom stereocenters. The summed E-state index contributed by atoms with van der Waals surface area (Å²) in [7, 11) is 0. The van der Waals surface area contributed by atoms with E-state index in [1.807, 2.05) is 0 Å². The number of nitrogens with one attached hydrogen (secondary N) is 2. The van der Waals surface area contributed by atoms with Gasteiger partial charge >= 0.3 is 5.91 Å². The number of nitro groups is 1. The Morgan fingerprint density at radius 1 is 0.889 bits per heavy atom. The number of carbonyl (C=O) groups excluding carboxylic acids is 2. The molecule has 0 fully saturated rings. The molecule has 1 aromatic heterocycles. The van der Waals surface area contributed by atoms with Crippen LogP contribution >= 0.6 is 11.6 Å². The minimum atomic E-state index is -0.648. The number of rotatable bonds is 4. The number of hydrazine groups is 1. The summed E-state index contributed by atoms with van der Waals surface area (Å²) >= 11 is 5.75. The topological polar surface area (TPSA) is 114 Å². The van der Waals surface area contributed by atoms with Gasteiger partial charge in [0.25, 0.3) is 11.6 Å². The number of nitrogens with zero attached hydrogens (tertiary/aromatic N) is 1. The van der Waals surface area contributed by atoms with Crippen molar-refractivity contribution in [3.05, 3.63) is 87.1 Å². The zero-order chi connectivity index (χ0) is 19.4. The fraction of sp³-hybridized carbons (Fsp3) is 0. The van der Waals surface area contributed by atoms with Crippen LogP contribution in [0.1, 0.15) is 20.9 Å². The van der Waals surface area contributed by atoms with Gasteiger partial charge in [-0.2, -0.15) is 0 Å². The second-order valence-corrected chi connectivity index (χ2v) is 5.82. The lowest BCUT2D eigenvalue weighted by molar-refractivity contribution is -0.384. The van der Waals surface area contributed by atoms with Crippen LogP contribution in [0, 0.1) is 10.1 Å². The van der Waals surface area contributed by atoms with Crippen LogP contribution in [-0.4, -0.2) is 16.7 Å². The van der Waals surface area contributed by atoms with Gasteiger partial charge < -0.3 is 4.42 Å². The third-order valence-electron chi connectivity index (χ3n) is 3.59. The monoisotopic (exact) mass is 385 g/mol. The summed E-state index contributed by atoms with van der Waals surface area (Å²) < 4.78 is 5.43. The molecular weight excluding hydrogens is 374 g/mol. The minimum absolute atomic E-state index is 0.0280. The summed E-state index contributed by atoms with van der Waals surface area (Å²) in [6.07, 6.45) is 0. The third kappa shape index (κ3) is 4.31. The lowest BCUT2D eigenvalue weighted by Gasteiger charge is -2.06. The van der Waals surface area contributed by atoms with Crippen LogP contribution in [0.25, 0.3) is 11.3 Å². The Morgan fingerprint density at radius 3 is 2.15 bits per heavy atom. The molecule has 3 aromatic rings. The predicted octanol–water partition coefficient (Wildman–Crippen LogP) is 3.58. The molecule has 3 rings (SSSR count). The zero-order valence-electron chi connectivity index (χ0n) is 13.6. The van der Waals surface area contributed by atoms with E-state index in [0.717, 1.165) is 0 Å². The summed E-state index contributed by atoms with van der Waals surface area (Å²) in [5, 5.41) is 11.2. The van der Waals surface area contributed by atoms with Gasteiger partial charge in [-0.1, -0.05) is 11.6 Å². The van der Waals surface area contributed by atoms with Gasteiger partial charge in [0, 0.05) is 28.3 Å². The molecule has 0 atom stereocenters. The number of furan rings is 1. The van der Waals surface area contributed by atoms with Crippen molar-refractivity contribution in [3.8, 4) is 11.3 Å². The van der Waals surface area contributed by atoms with Crippen molar-refractivity contribution in [2.45, 2.75) is 0 Å². The molecule has 0 aliphatic heterocycles. The molecule has 1 heterocycles. The molecule has 2 aromatic carbocycles. The van der Waals surface area contributed by atoms with Crippen LogP contribution in [0.2, 0.25) is 5.02 Å². The Kier molecular flexibility index (Phi) is 5.18. The van der Waals surface area contributed by atoms with Gasteiger partial charge in [-0.15, -0.1) is 0 Å². The molecule has 0 bridgehead atoms. The van der Waals surface area contributed by atoms with Gasteiger partial charge in [-0.05, 0) is 48.5 Å². The first-order valence-electron chi connectivity index (χ1n) is 7.65. The number of amides is 2. The summed E-state index contributed by atoms with van der Waals surface area (Å²) in [5.41, 5.74) is 5.37. The van der Waals surface area contributed by atoms with Crippen molar-refractivity contribution in [1.82, 2.24) is 10.9 Å². The first-order valence-corrected chi connectivity index (χ1v) is 8.03. The van der Waals surface area contributed by atoms with Crippen LogP contribution in [0.15, 0.2) is 65.1 Å². The van der Waals surface area contributed by atoms with Crippen LogP contribution in [-0.2, 0) is 0 Å². The Labute approximate surface area is 157 Å². The molecule has 0 saturated heterocycles. The Bertz CT molecular complexity index is 997. The maximum atomic E-state index is 12.1. The van der Waals surface area contributed by atoms with E-state index < -0.39 is 16.7 Å². The van der Waals surface area contributed by atoms with Crippen LogP contribution in [0.5, 0.6) is 0 Å². The van der Waals surface area contributed by atoms with E-state index in [-0.39, 0.29) is 11.4 Å². The minimum Gasteiger partial charge on any atom is -0.451 e. The van der Waals surface area contributed by atoms with Crippen molar-refractivity contribution >= 4 is 29.1 Å². The van der Waals surface area contributed by atoms with Crippen molar-refractivity contribution in [1.29, 1.82) is 0 Å². The number of hydrogen-bond acceptors (Lipinski definition) is 5. The number of nitro benzene ring substituents is 1. The molecule has 8 nitrogen and oxygen atoms in total. The Balaban J connectivity index is 1.63. The molecule has 0 saturated carbocycles. The average molecular weight is 386 g/mol. The van der Waals surface area contributed by atoms with E-state index >= 15 is 0 Å². The van der Waals surface area contributed by atoms with Crippen LogP contribution in [0.4, 0.5) is 5.69 Å². The second-order valence-electron chi connectivity index (χ2n) is 5.38. The smallest absolute Gasteiger partial charge is 0.305 e. The van der Waals surface area contributed by atoms with Gasteiger partial charge in [0.15, 0.2) is 5.76 Å². The number of carbonyl (C=O) groups is 2. The van der Waals surface area contributed by atoms with E-state index in [2.05, 4.69) is 10.9 Å². The molecule has 2 amide bonds. The number of benzene rings is 2. The SMILES string of the molecule is O=C(NNC(=O)c1ccc(-c2ccc([N+](=O)[O-])cc2)o1)c1ccc(Cl)cc1.